The molecule has 0 saturated heterocycles. The summed E-state index contributed by atoms with van der Waals surface area (Å²) in [5.41, 5.74) is 9.90. The maximum absolute atomic E-state index is 6.75. The van der Waals surface area contributed by atoms with Crippen molar-refractivity contribution in [2.45, 2.75) is 78.2 Å². The quantitative estimate of drug-likeness (QED) is 0.769. The zero-order valence-corrected chi connectivity index (χ0v) is 14.4. The molecule has 1 nitrogen and oxygen atoms in total. The summed E-state index contributed by atoms with van der Waals surface area (Å²) in [7, 11) is 0. The lowest BCUT2D eigenvalue weighted by atomic mass is 9.64. The van der Waals surface area contributed by atoms with Crippen molar-refractivity contribution in [2.75, 3.05) is 0 Å². The Morgan fingerprint density at radius 1 is 1.10 bits per heavy atom. The molecule has 1 aromatic carbocycles. The maximum atomic E-state index is 6.75. The van der Waals surface area contributed by atoms with E-state index in [2.05, 4.69) is 52.0 Å². The number of rotatable bonds is 5. The fourth-order valence-corrected chi connectivity index (χ4v) is 3.78. The summed E-state index contributed by atoms with van der Waals surface area (Å²) in [5.74, 6) is 0.832. The molecule has 0 radical (unpaired) electrons. The summed E-state index contributed by atoms with van der Waals surface area (Å²) < 4.78 is 0. The van der Waals surface area contributed by atoms with Crippen LogP contribution in [0.5, 0.6) is 0 Å². The molecule has 2 rings (SSSR count). The van der Waals surface area contributed by atoms with Gasteiger partial charge in [0.2, 0.25) is 0 Å². The highest BCUT2D eigenvalue weighted by molar-refractivity contribution is 5.29. The van der Waals surface area contributed by atoms with Crippen molar-refractivity contribution >= 4 is 0 Å². The van der Waals surface area contributed by atoms with E-state index in [0.29, 0.717) is 5.41 Å². The topological polar surface area (TPSA) is 26.0 Å². The van der Waals surface area contributed by atoms with Gasteiger partial charge < -0.3 is 5.73 Å². The summed E-state index contributed by atoms with van der Waals surface area (Å²) in [6.07, 6.45) is 8.46. The van der Waals surface area contributed by atoms with Crippen molar-refractivity contribution in [1.29, 1.82) is 0 Å². The van der Waals surface area contributed by atoms with Crippen LogP contribution in [0.4, 0.5) is 0 Å². The standard InChI is InChI=1S/C20H33N/c1-5-7-16-8-10-18(11-9-16)20(21)14-12-17(13-15-20)19(3,4)6-2/h8-11,17H,5-7,12-15,21H2,1-4H3. The lowest BCUT2D eigenvalue weighted by molar-refractivity contribution is 0.115. The second-order valence-corrected chi connectivity index (χ2v) is 7.72. The van der Waals surface area contributed by atoms with Crippen LogP contribution < -0.4 is 5.73 Å². The van der Waals surface area contributed by atoms with Crippen LogP contribution in [0.1, 0.15) is 77.3 Å². The molecule has 1 fully saturated rings. The molecule has 0 aromatic heterocycles. The Morgan fingerprint density at radius 2 is 1.67 bits per heavy atom. The first-order chi connectivity index (χ1) is 9.91. The Labute approximate surface area is 131 Å². The highest BCUT2D eigenvalue weighted by Gasteiger charge is 2.38. The molecule has 1 aromatic rings. The van der Waals surface area contributed by atoms with E-state index in [0.717, 1.165) is 18.8 Å². The number of nitrogens with two attached hydrogens (primary N) is 1. The van der Waals surface area contributed by atoms with Crippen LogP contribution in [0.2, 0.25) is 0 Å². The van der Waals surface area contributed by atoms with Gasteiger partial charge in [-0.2, -0.15) is 0 Å². The van der Waals surface area contributed by atoms with Crippen molar-refractivity contribution in [2.24, 2.45) is 17.1 Å². The summed E-state index contributed by atoms with van der Waals surface area (Å²) in [6.45, 7) is 9.38. The third-order valence-electron chi connectivity index (χ3n) is 5.96. The minimum Gasteiger partial charge on any atom is -0.321 e. The zero-order valence-electron chi connectivity index (χ0n) is 14.4. The van der Waals surface area contributed by atoms with Gasteiger partial charge in [-0.3, -0.25) is 0 Å². The van der Waals surface area contributed by atoms with E-state index in [1.54, 1.807) is 0 Å². The summed E-state index contributed by atoms with van der Waals surface area (Å²) in [5, 5.41) is 0. The van der Waals surface area contributed by atoms with Crippen LogP contribution in [0.3, 0.4) is 0 Å². The van der Waals surface area contributed by atoms with Crippen LogP contribution in [-0.2, 0) is 12.0 Å². The second-order valence-electron chi connectivity index (χ2n) is 7.72. The van der Waals surface area contributed by atoms with Gasteiger partial charge in [0, 0.05) is 5.54 Å². The summed E-state index contributed by atoms with van der Waals surface area (Å²) in [4.78, 5) is 0. The van der Waals surface area contributed by atoms with Crippen LogP contribution in [0.15, 0.2) is 24.3 Å². The Balaban J connectivity index is 2.04. The molecular formula is C20H33N. The van der Waals surface area contributed by atoms with Crippen LogP contribution in [0, 0.1) is 11.3 Å². The van der Waals surface area contributed by atoms with Gasteiger partial charge in [-0.25, -0.2) is 0 Å². The van der Waals surface area contributed by atoms with E-state index in [-0.39, 0.29) is 5.54 Å². The Hall–Kier alpha value is -0.820. The first-order valence-corrected chi connectivity index (χ1v) is 8.79. The number of aryl methyl sites for hydroxylation is 1. The van der Waals surface area contributed by atoms with Crippen molar-refractivity contribution < 1.29 is 0 Å². The number of hydrogen-bond acceptors (Lipinski definition) is 1. The first-order valence-electron chi connectivity index (χ1n) is 8.79. The molecule has 0 bridgehead atoms. The molecule has 0 spiro atoms. The smallest absolute Gasteiger partial charge is 0.0409 e. The molecule has 0 aliphatic heterocycles. The SMILES string of the molecule is CCCc1ccc(C2(N)CCC(C(C)(C)CC)CC2)cc1. The minimum atomic E-state index is -0.0922. The third kappa shape index (κ3) is 3.69. The normalized spacial score (nSPS) is 26.8. The zero-order chi connectivity index (χ0) is 15.5. The van der Waals surface area contributed by atoms with E-state index in [1.807, 2.05) is 0 Å². The predicted octanol–water partition coefficient (Wildman–Crippen LogP) is 5.42. The average molecular weight is 287 g/mol. The van der Waals surface area contributed by atoms with Crippen molar-refractivity contribution in [1.82, 2.24) is 0 Å². The molecule has 118 valence electrons. The molecule has 21 heavy (non-hydrogen) atoms. The molecule has 1 saturated carbocycles. The maximum Gasteiger partial charge on any atom is 0.0409 e. The van der Waals surface area contributed by atoms with Crippen LogP contribution in [-0.4, -0.2) is 0 Å². The fourth-order valence-electron chi connectivity index (χ4n) is 3.78. The van der Waals surface area contributed by atoms with Gasteiger partial charge in [-0.1, -0.05) is 64.8 Å². The molecule has 1 heteroatoms. The van der Waals surface area contributed by atoms with Crippen molar-refractivity contribution in [3.8, 4) is 0 Å². The molecule has 0 amide bonds. The van der Waals surface area contributed by atoms with E-state index >= 15 is 0 Å². The largest absolute Gasteiger partial charge is 0.321 e. The van der Waals surface area contributed by atoms with Crippen LogP contribution >= 0.6 is 0 Å². The fraction of sp³-hybridized carbons (Fsp3) is 0.700. The van der Waals surface area contributed by atoms with Gasteiger partial charge in [0.05, 0.1) is 0 Å². The van der Waals surface area contributed by atoms with Crippen LogP contribution in [0.25, 0.3) is 0 Å². The Kier molecular flexibility index (Phi) is 5.14. The van der Waals surface area contributed by atoms with E-state index < -0.39 is 0 Å². The average Bonchev–Trinajstić information content (AvgIpc) is 2.49. The van der Waals surface area contributed by atoms with Crippen molar-refractivity contribution in [3.05, 3.63) is 35.4 Å². The highest BCUT2D eigenvalue weighted by Crippen LogP contribution is 2.45. The highest BCUT2D eigenvalue weighted by atomic mass is 14.7. The molecular weight excluding hydrogens is 254 g/mol. The predicted molar refractivity (Wildman–Crippen MR) is 92.3 cm³/mol. The first kappa shape index (κ1) is 16.5. The summed E-state index contributed by atoms with van der Waals surface area (Å²) in [6, 6.07) is 9.09. The Morgan fingerprint density at radius 3 is 2.14 bits per heavy atom. The van der Waals surface area contributed by atoms with Crippen molar-refractivity contribution in [3.63, 3.8) is 0 Å². The van der Waals surface area contributed by atoms with Gasteiger partial charge in [0.15, 0.2) is 0 Å². The molecule has 0 atom stereocenters. The second kappa shape index (κ2) is 6.52. The monoisotopic (exact) mass is 287 g/mol. The van der Waals surface area contributed by atoms with Gasteiger partial charge in [-0.05, 0) is 54.6 Å². The molecule has 2 N–H and O–H groups in total. The Bertz CT molecular complexity index is 435. The molecule has 1 aliphatic carbocycles. The van der Waals surface area contributed by atoms with Gasteiger partial charge in [0.1, 0.15) is 0 Å². The molecule has 0 heterocycles. The lowest BCUT2D eigenvalue weighted by Crippen LogP contribution is -2.42. The van der Waals surface area contributed by atoms with Gasteiger partial charge >= 0.3 is 0 Å². The number of hydrogen-bond donors (Lipinski definition) is 1. The van der Waals surface area contributed by atoms with E-state index in [1.165, 1.54) is 43.2 Å². The molecule has 0 unspecified atom stereocenters. The summed E-state index contributed by atoms with van der Waals surface area (Å²) >= 11 is 0. The third-order valence-corrected chi connectivity index (χ3v) is 5.96. The minimum absolute atomic E-state index is 0.0922. The van der Waals surface area contributed by atoms with E-state index in [4.69, 9.17) is 5.73 Å². The number of benzene rings is 1. The molecule has 1 aliphatic rings. The van der Waals surface area contributed by atoms with Gasteiger partial charge in [-0.15, -0.1) is 0 Å². The lowest BCUT2D eigenvalue weighted by Gasteiger charge is -2.43. The van der Waals surface area contributed by atoms with E-state index in [9.17, 15) is 0 Å². The van der Waals surface area contributed by atoms with Gasteiger partial charge in [0.25, 0.3) is 0 Å².